The highest BCUT2D eigenvalue weighted by molar-refractivity contribution is 7.99. The summed E-state index contributed by atoms with van der Waals surface area (Å²) in [6.45, 7) is -0.206. The van der Waals surface area contributed by atoms with E-state index in [-0.39, 0.29) is 23.8 Å². The average molecular weight is 488 g/mol. The molecule has 0 bridgehead atoms. The van der Waals surface area contributed by atoms with Crippen LogP contribution in [0.3, 0.4) is 0 Å². The third-order valence-electron chi connectivity index (χ3n) is 5.51. The van der Waals surface area contributed by atoms with E-state index in [2.05, 4.69) is 10.1 Å². The van der Waals surface area contributed by atoms with Crippen LogP contribution >= 0.6 is 23.1 Å². The van der Waals surface area contributed by atoms with Crippen molar-refractivity contribution in [3.05, 3.63) is 45.1 Å². The summed E-state index contributed by atoms with van der Waals surface area (Å²) in [6.07, 6.45) is 5.19. The number of carbonyl (C=O) groups is 2. The maximum atomic E-state index is 13.8. The molecular formula is C23H25N3O5S2. The Hall–Kier alpha value is -2.85. The predicted molar refractivity (Wildman–Crippen MR) is 129 cm³/mol. The van der Waals surface area contributed by atoms with Crippen LogP contribution in [0.15, 0.2) is 34.2 Å². The van der Waals surface area contributed by atoms with Gasteiger partial charge >= 0.3 is 5.97 Å². The Labute approximate surface area is 199 Å². The number of nitrogens with zero attached hydrogens (tertiary/aromatic N) is 2. The van der Waals surface area contributed by atoms with Crippen LogP contribution in [0.5, 0.6) is 5.75 Å². The van der Waals surface area contributed by atoms with Gasteiger partial charge in [0.05, 0.1) is 31.0 Å². The number of amides is 1. The van der Waals surface area contributed by atoms with E-state index >= 15 is 0 Å². The predicted octanol–water partition coefficient (Wildman–Crippen LogP) is 3.11. The van der Waals surface area contributed by atoms with Crippen LogP contribution in [0.4, 0.5) is 0 Å². The van der Waals surface area contributed by atoms with Gasteiger partial charge in [0, 0.05) is 10.9 Å². The van der Waals surface area contributed by atoms with Crippen molar-refractivity contribution in [1.29, 1.82) is 0 Å². The van der Waals surface area contributed by atoms with Gasteiger partial charge in [-0.05, 0) is 43.4 Å². The number of rotatable bonds is 7. The fourth-order valence-corrected chi connectivity index (χ4v) is 6.01. The van der Waals surface area contributed by atoms with Gasteiger partial charge in [-0.1, -0.05) is 24.2 Å². The highest BCUT2D eigenvalue weighted by atomic mass is 32.2. The molecule has 1 aliphatic carbocycles. The lowest BCUT2D eigenvalue weighted by Crippen LogP contribution is -2.31. The summed E-state index contributed by atoms with van der Waals surface area (Å²) in [5, 5.41) is 3.61. The number of thioether (sulfide) groups is 1. The maximum Gasteiger partial charge on any atom is 0.325 e. The van der Waals surface area contributed by atoms with Crippen LogP contribution in [-0.4, -0.2) is 47.9 Å². The Kier molecular flexibility index (Phi) is 7.34. The second kappa shape index (κ2) is 10.4. The van der Waals surface area contributed by atoms with Crippen LogP contribution in [0.25, 0.3) is 15.9 Å². The Bertz CT molecular complexity index is 1250. The van der Waals surface area contributed by atoms with Crippen molar-refractivity contribution in [1.82, 2.24) is 14.9 Å². The molecule has 2 aromatic heterocycles. The SMILES string of the molecule is COC(=O)CNC(=O)CSc1nc2sc3c(c2c(=O)n1-c1cccc(OC)c1)CCCCC3. The Morgan fingerprint density at radius 1 is 1.21 bits per heavy atom. The number of fused-ring (bicyclic) bond motifs is 3. The van der Waals surface area contributed by atoms with E-state index < -0.39 is 5.97 Å². The maximum absolute atomic E-state index is 13.8. The zero-order valence-corrected chi connectivity index (χ0v) is 20.1. The number of carbonyl (C=O) groups excluding carboxylic acids is 2. The zero-order valence-electron chi connectivity index (χ0n) is 18.5. The van der Waals surface area contributed by atoms with Gasteiger partial charge in [-0.2, -0.15) is 0 Å². The molecule has 0 saturated carbocycles. The molecule has 1 N–H and O–H groups in total. The monoisotopic (exact) mass is 487 g/mol. The molecule has 1 amide bonds. The first-order valence-electron chi connectivity index (χ1n) is 10.7. The number of thiophene rings is 1. The molecule has 2 heterocycles. The van der Waals surface area contributed by atoms with Gasteiger partial charge in [-0.3, -0.25) is 19.0 Å². The summed E-state index contributed by atoms with van der Waals surface area (Å²) < 4.78 is 11.5. The molecule has 0 atom stereocenters. The first-order chi connectivity index (χ1) is 16.0. The number of nitrogens with one attached hydrogen (secondary N) is 1. The van der Waals surface area contributed by atoms with Gasteiger partial charge in [0.1, 0.15) is 17.1 Å². The topological polar surface area (TPSA) is 99.5 Å². The van der Waals surface area contributed by atoms with Crippen molar-refractivity contribution in [3.63, 3.8) is 0 Å². The van der Waals surface area contributed by atoms with Crippen LogP contribution in [-0.2, 0) is 27.2 Å². The normalized spacial score (nSPS) is 13.3. The van der Waals surface area contributed by atoms with E-state index in [1.54, 1.807) is 29.1 Å². The lowest BCUT2D eigenvalue weighted by molar-refractivity contribution is -0.140. The second-order valence-electron chi connectivity index (χ2n) is 7.62. The van der Waals surface area contributed by atoms with Gasteiger partial charge in [-0.15, -0.1) is 11.3 Å². The lowest BCUT2D eigenvalue weighted by atomic mass is 10.1. The summed E-state index contributed by atoms with van der Waals surface area (Å²) in [5.41, 5.74) is 1.61. The van der Waals surface area contributed by atoms with Crippen molar-refractivity contribution < 1.29 is 19.1 Å². The first kappa shape index (κ1) is 23.3. The molecule has 174 valence electrons. The number of aromatic nitrogens is 2. The summed E-state index contributed by atoms with van der Waals surface area (Å²) in [6, 6.07) is 7.23. The number of ether oxygens (including phenoxy) is 2. The number of hydrogen-bond acceptors (Lipinski definition) is 8. The van der Waals surface area contributed by atoms with Gasteiger partial charge in [0.15, 0.2) is 5.16 Å². The Balaban J connectivity index is 1.76. The molecule has 1 aliphatic rings. The number of aryl methyl sites for hydroxylation is 2. The van der Waals surface area contributed by atoms with Crippen molar-refractivity contribution in [2.45, 2.75) is 37.3 Å². The standard InChI is InChI=1S/C23H25N3O5S2/c1-30-15-8-6-7-14(11-15)26-22(29)20-16-9-4-3-5-10-17(16)33-21(20)25-23(26)32-13-18(27)24-12-19(28)31-2/h6-8,11H,3-5,9-10,12-13H2,1-2H3,(H,24,27). The van der Waals surface area contributed by atoms with Crippen molar-refractivity contribution in [3.8, 4) is 11.4 Å². The minimum Gasteiger partial charge on any atom is -0.497 e. The molecule has 8 nitrogen and oxygen atoms in total. The largest absolute Gasteiger partial charge is 0.497 e. The van der Waals surface area contributed by atoms with E-state index in [9.17, 15) is 14.4 Å². The molecule has 0 spiro atoms. The molecule has 4 rings (SSSR count). The van der Waals surface area contributed by atoms with Crippen molar-refractivity contribution in [2.24, 2.45) is 0 Å². The number of hydrogen-bond donors (Lipinski definition) is 1. The molecule has 0 radical (unpaired) electrons. The highest BCUT2D eigenvalue weighted by Crippen LogP contribution is 2.34. The van der Waals surface area contributed by atoms with Gasteiger partial charge < -0.3 is 14.8 Å². The summed E-state index contributed by atoms with van der Waals surface area (Å²) in [5.74, 6) is -0.250. The van der Waals surface area contributed by atoms with E-state index in [0.717, 1.165) is 49.4 Å². The van der Waals surface area contributed by atoms with Gasteiger partial charge in [0.2, 0.25) is 5.91 Å². The van der Waals surface area contributed by atoms with Crippen LogP contribution in [0.1, 0.15) is 29.7 Å². The Morgan fingerprint density at radius 2 is 2.03 bits per heavy atom. The third kappa shape index (κ3) is 5.06. The molecule has 33 heavy (non-hydrogen) atoms. The van der Waals surface area contributed by atoms with Crippen molar-refractivity contribution >= 4 is 45.2 Å². The molecule has 10 heteroatoms. The van der Waals surface area contributed by atoms with Crippen molar-refractivity contribution in [2.75, 3.05) is 26.5 Å². The van der Waals surface area contributed by atoms with E-state index in [4.69, 9.17) is 9.72 Å². The molecular weight excluding hydrogens is 462 g/mol. The third-order valence-corrected chi connectivity index (χ3v) is 7.63. The van der Waals surface area contributed by atoms with Gasteiger partial charge in [0.25, 0.3) is 5.56 Å². The van der Waals surface area contributed by atoms with E-state index in [1.165, 1.54) is 12.0 Å². The highest BCUT2D eigenvalue weighted by Gasteiger charge is 2.23. The minimum atomic E-state index is -0.527. The minimum absolute atomic E-state index is 0.00397. The number of benzene rings is 1. The van der Waals surface area contributed by atoms with Crippen LogP contribution in [0, 0.1) is 0 Å². The van der Waals surface area contributed by atoms with Gasteiger partial charge in [-0.25, -0.2) is 4.98 Å². The molecule has 0 aliphatic heterocycles. The average Bonchev–Trinajstić information content (AvgIpc) is 3.02. The second-order valence-corrected chi connectivity index (χ2v) is 9.65. The molecule has 0 fully saturated rings. The first-order valence-corrected chi connectivity index (χ1v) is 12.5. The number of methoxy groups -OCH3 is 2. The summed E-state index contributed by atoms with van der Waals surface area (Å²) in [7, 11) is 2.83. The molecule has 1 aromatic carbocycles. The molecule has 0 saturated heterocycles. The molecule has 0 unspecified atom stereocenters. The fourth-order valence-electron chi connectivity index (χ4n) is 3.86. The summed E-state index contributed by atoms with van der Waals surface area (Å²) in [4.78, 5) is 44.1. The van der Waals surface area contributed by atoms with E-state index in [1.807, 2.05) is 18.2 Å². The smallest absolute Gasteiger partial charge is 0.325 e. The fraction of sp³-hybridized carbons (Fsp3) is 0.391. The van der Waals surface area contributed by atoms with Crippen LogP contribution in [0.2, 0.25) is 0 Å². The zero-order chi connectivity index (χ0) is 23.4. The lowest BCUT2D eigenvalue weighted by Gasteiger charge is -2.13. The summed E-state index contributed by atoms with van der Waals surface area (Å²) >= 11 is 2.74. The molecule has 3 aromatic rings. The Morgan fingerprint density at radius 3 is 2.82 bits per heavy atom. The quantitative estimate of drug-likeness (QED) is 0.237. The number of esters is 1. The van der Waals surface area contributed by atoms with E-state index in [0.29, 0.717) is 26.8 Å². The van der Waals surface area contributed by atoms with Crippen LogP contribution < -0.4 is 15.6 Å².